The van der Waals surface area contributed by atoms with Crippen molar-refractivity contribution in [3.8, 4) is 16.3 Å². The quantitative estimate of drug-likeness (QED) is 0.445. The van der Waals surface area contributed by atoms with Gasteiger partial charge in [0.15, 0.2) is 0 Å². The summed E-state index contributed by atoms with van der Waals surface area (Å²) in [7, 11) is 1.62. The molecule has 2 amide bonds. The highest BCUT2D eigenvalue weighted by atomic mass is 32.1. The molecule has 1 aliphatic rings. The monoisotopic (exact) mass is 504 g/mol. The predicted octanol–water partition coefficient (Wildman–Crippen LogP) is 3.79. The molecule has 5 rings (SSSR count). The first-order valence-corrected chi connectivity index (χ1v) is 12.6. The van der Waals surface area contributed by atoms with Crippen molar-refractivity contribution in [2.45, 2.75) is 20.4 Å². The summed E-state index contributed by atoms with van der Waals surface area (Å²) < 4.78 is 6.56. The van der Waals surface area contributed by atoms with Crippen LogP contribution in [0.4, 0.5) is 10.5 Å². The minimum absolute atomic E-state index is 0.0862. The molecule has 0 aliphatic carbocycles. The van der Waals surface area contributed by atoms with Crippen molar-refractivity contribution in [2.75, 3.05) is 38.6 Å². The van der Waals surface area contributed by atoms with E-state index in [-0.39, 0.29) is 11.6 Å². The van der Waals surface area contributed by atoms with E-state index in [1.807, 2.05) is 61.2 Å². The van der Waals surface area contributed by atoms with Crippen LogP contribution in [0.25, 0.3) is 15.5 Å². The molecule has 1 saturated heterocycles. The second-order valence-corrected chi connectivity index (χ2v) is 9.81. The van der Waals surface area contributed by atoms with E-state index in [2.05, 4.69) is 15.3 Å². The Morgan fingerprint density at radius 3 is 2.56 bits per heavy atom. The fourth-order valence-corrected chi connectivity index (χ4v) is 5.14. The minimum Gasteiger partial charge on any atom is -0.497 e. The zero-order valence-electron chi connectivity index (χ0n) is 20.5. The molecule has 9 nitrogen and oxygen atoms in total. The zero-order chi connectivity index (χ0) is 25.2. The molecule has 1 fully saturated rings. The molecule has 2 aromatic carbocycles. The van der Waals surface area contributed by atoms with Gasteiger partial charge in [0.2, 0.25) is 4.96 Å². The number of benzene rings is 2. The van der Waals surface area contributed by atoms with E-state index in [1.54, 1.807) is 13.2 Å². The van der Waals surface area contributed by atoms with Crippen molar-refractivity contribution in [2.24, 2.45) is 0 Å². The second-order valence-electron chi connectivity index (χ2n) is 8.86. The number of carbonyl (C=O) groups excluding carboxylic acids is 1. The number of rotatable bonds is 5. The SMILES string of the molecule is COc1ccc(-c2nn3c(=O)cc(CN4CCN(C(=O)Nc5cccc(C)c5C)CC4)nc3s2)cc1. The molecule has 10 heteroatoms. The smallest absolute Gasteiger partial charge is 0.321 e. The van der Waals surface area contributed by atoms with Gasteiger partial charge >= 0.3 is 6.03 Å². The number of aromatic nitrogens is 3. The van der Waals surface area contributed by atoms with Gasteiger partial charge in [-0.05, 0) is 55.3 Å². The van der Waals surface area contributed by atoms with Crippen molar-refractivity contribution in [3.63, 3.8) is 0 Å². The maximum Gasteiger partial charge on any atom is 0.321 e. The maximum atomic E-state index is 12.8. The molecule has 3 heterocycles. The number of methoxy groups -OCH3 is 1. The number of nitrogens with zero attached hydrogens (tertiary/aromatic N) is 5. The highest BCUT2D eigenvalue weighted by Gasteiger charge is 2.22. The molecule has 4 aromatic rings. The Morgan fingerprint density at radius 2 is 1.83 bits per heavy atom. The normalized spacial score (nSPS) is 14.2. The number of aryl methyl sites for hydroxylation is 1. The Kier molecular flexibility index (Phi) is 6.71. The number of amides is 2. The Hall–Kier alpha value is -3.76. The van der Waals surface area contributed by atoms with Crippen LogP contribution in [-0.4, -0.2) is 63.7 Å². The van der Waals surface area contributed by atoms with Gasteiger partial charge in [-0.15, -0.1) is 0 Å². The van der Waals surface area contributed by atoms with Crippen LogP contribution < -0.4 is 15.6 Å². The van der Waals surface area contributed by atoms with Gasteiger partial charge in [-0.2, -0.15) is 9.61 Å². The van der Waals surface area contributed by atoms with Crippen molar-refractivity contribution >= 4 is 28.0 Å². The third-order valence-corrected chi connectivity index (χ3v) is 7.48. The molecule has 0 spiro atoms. The van der Waals surface area contributed by atoms with Gasteiger partial charge in [-0.1, -0.05) is 23.5 Å². The average molecular weight is 505 g/mol. The second kappa shape index (κ2) is 10.1. The number of fused-ring (bicyclic) bond motifs is 1. The number of ether oxygens (including phenoxy) is 1. The Bertz CT molecular complexity index is 1460. The first-order valence-electron chi connectivity index (χ1n) is 11.8. The molecule has 0 atom stereocenters. The van der Waals surface area contributed by atoms with E-state index >= 15 is 0 Å². The largest absolute Gasteiger partial charge is 0.497 e. The number of urea groups is 1. The third kappa shape index (κ3) is 4.95. The van der Waals surface area contributed by atoms with Crippen LogP contribution in [0.2, 0.25) is 0 Å². The highest BCUT2D eigenvalue weighted by Crippen LogP contribution is 2.26. The number of nitrogens with one attached hydrogen (secondary N) is 1. The summed E-state index contributed by atoms with van der Waals surface area (Å²) in [5.41, 5.74) is 4.49. The van der Waals surface area contributed by atoms with Crippen LogP contribution in [0.15, 0.2) is 53.3 Å². The first-order chi connectivity index (χ1) is 17.4. The highest BCUT2D eigenvalue weighted by molar-refractivity contribution is 7.19. The van der Waals surface area contributed by atoms with Gasteiger partial charge < -0.3 is 15.0 Å². The van der Waals surface area contributed by atoms with E-state index in [0.717, 1.165) is 33.1 Å². The zero-order valence-corrected chi connectivity index (χ0v) is 21.3. The molecular weight excluding hydrogens is 476 g/mol. The number of hydrogen-bond acceptors (Lipinski definition) is 7. The minimum atomic E-state index is -0.197. The summed E-state index contributed by atoms with van der Waals surface area (Å²) in [5, 5.41) is 8.22. The lowest BCUT2D eigenvalue weighted by molar-refractivity contribution is 0.142. The van der Waals surface area contributed by atoms with Gasteiger partial charge in [0.1, 0.15) is 10.8 Å². The van der Waals surface area contributed by atoms with Crippen LogP contribution in [0, 0.1) is 13.8 Å². The standard InChI is InChI=1S/C26H28N6O3S/c1-17-5-4-6-22(18(17)2)28-25(34)31-13-11-30(12-14-31)16-20-15-23(33)32-26(27-20)36-24(29-32)19-7-9-21(35-3)10-8-19/h4-10,15H,11-14,16H2,1-3H3,(H,28,34). The Morgan fingerprint density at radius 1 is 1.08 bits per heavy atom. The third-order valence-electron chi connectivity index (χ3n) is 6.53. The van der Waals surface area contributed by atoms with Gasteiger partial charge in [0, 0.05) is 50.0 Å². The van der Waals surface area contributed by atoms with Crippen molar-refractivity contribution in [1.82, 2.24) is 24.4 Å². The molecule has 1 N–H and O–H groups in total. The summed E-state index contributed by atoms with van der Waals surface area (Å²) in [5.74, 6) is 0.764. The molecule has 0 radical (unpaired) electrons. The van der Waals surface area contributed by atoms with Crippen molar-refractivity contribution < 1.29 is 9.53 Å². The molecule has 186 valence electrons. The Balaban J connectivity index is 1.23. The summed E-state index contributed by atoms with van der Waals surface area (Å²) >= 11 is 1.38. The van der Waals surface area contributed by atoms with Crippen molar-refractivity contribution in [1.29, 1.82) is 0 Å². The van der Waals surface area contributed by atoms with E-state index in [1.165, 1.54) is 15.9 Å². The fraction of sp³-hybridized carbons (Fsp3) is 0.308. The number of carbonyl (C=O) groups is 1. The van der Waals surface area contributed by atoms with Crippen LogP contribution in [0.1, 0.15) is 16.8 Å². The summed E-state index contributed by atoms with van der Waals surface area (Å²) in [4.78, 5) is 34.8. The maximum absolute atomic E-state index is 12.8. The van der Waals surface area contributed by atoms with Gasteiger partial charge in [-0.3, -0.25) is 9.69 Å². The van der Waals surface area contributed by atoms with Crippen molar-refractivity contribution in [3.05, 3.63) is 75.7 Å². The molecular formula is C26H28N6O3S. The first kappa shape index (κ1) is 24.0. The van der Waals surface area contributed by atoms with E-state index < -0.39 is 0 Å². The van der Waals surface area contributed by atoms with E-state index in [0.29, 0.717) is 43.4 Å². The van der Waals surface area contributed by atoms with Gasteiger partial charge in [0.05, 0.1) is 12.8 Å². The molecule has 0 saturated carbocycles. The number of piperazine rings is 1. The van der Waals surface area contributed by atoms with Crippen LogP contribution >= 0.6 is 11.3 Å². The topological polar surface area (TPSA) is 92.1 Å². The number of anilines is 1. The van der Waals surface area contributed by atoms with E-state index in [9.17, 15) is 9.59 Å². The van der Waals surface area contributed by atoms with Crippen LogP contribution in [-0.2, 0) is 6.54 Å². The van der Waals surface area contributed by atoms with E-state index in [4.69, 9.17) is 9.72 Å². The number of hydrogen-bond donors (Lipinski definition) is 1. The lowest BCUT2D eigenvalue weighted by Crippen LogP contribution is -2.49. The molecule has 36 heavy (non-hydrogen) atoms. The Labute approximate surface area is 213 Å². The summed E-state index contributed by atoms with van der Waals surface area (Å²) in [6, 6.07) is 14.9. The van der Waals surface area contributed by atoms with Crippen LogP contribution in [0.3, 0.4) is 0 Å². The fourth-order valence-electron chi connectivity index (χ4n) is 4.21. The summed E-state index contributed by atoms with van der Waals surface area (Å²) in [6.45, 7) is 7.24. The predicted molar refractivity (Wildman–Crippen MR) is 141 cm³/mol. The van der Waals surface area contributed by atoms with Gasteiger partial charge in [-0.25, -0.2) is 9.78 Å². The lowest BCUT2D eigenvalue weighted by Gasteiger charge is -2.34. The molecule has 0 bridgehead atoms. The van der Waals surface area contributed by atoms with Gasteiger partial charge in [0.25, 0.3) is 5.56 Å². The van der Waals surface area contributed by atoms with Crippen LogP contribution in [0.5, 0.6) is 5.75 Å². The lowest BCUT2D eigenvalue weighted by atomic mass is 10.1. The molecule has 1 aliphatic heterocycles. The molecule has 2 aromatic heterocycles. The molecule has 0 unspecified atom stereocenters. The average Bonchev–Trinajstić information content (AvgIpc) is 3.32. The summed E-state index contributed by atoms with van der Waals surface area (Å²) in [6.07, 6.45) is 0.